The third-order valence-electron chi connectivity index (χ3n) is 2.49. The summed E-state index contributed by atoms with van der Waals surface area (Å²) in [4.78, 5) is 0. The first-order chi connectivity index (χ1) is 8.59. The van der Waals surface area contributed by atoms with Crippen LogP contribution in [0.3, 0.4) is 0 Å². The molecule has 18 heavy (non-hydrogen) atoms. The average molecular weight is 303 g/mol. The number of para-hydroxylation sites is 1. The average Bonchev–Trinajstić information content (AvgIpc) is 2.36. The molecule has 0 spiro atoms. The minimum absolute atomic E-state index is 0.0739. The molecule has 0 saturated carbocycles. The summed E-state index contributed by atoms with van der Waals surface area (Å²) in [6.07, 6.45) is 0. The minimum Gasteiger partial charge on any atom is -0.506 e. The van der Waals surface area contributed by atoms with Crippen molar-refractivity contribution < 1.29 is 5.11 Å². The van der Waals surface area contributed by atoms with Crippen LogP contribution in [0.1, 0.15) is 5.56 Å². The Morgan fingerprint density at radius 1 is 0.944 bits per heavy atom. The first-order valence-corrected chi connectivity index (χ1v) is 6.37. The first kappa shape index (κ1) is 13.3. The monoisotopic (exact) mass is 301 g/mol. The van der Waals surface area contributed by atoms with Crippen LogP contribution in [-0.4, -0.2) is 5.11 Å². The Balaban J connectivity index is 2.17. The van der Waals surface area contributed by atoms with Gasteiger partial charge in [-0.3, -0.25) is 0 Å². The van der Waals surface area contributed by atoms with E-state index in [2.05, 4.69) is 5.32 Å². The van der Waals surface area contributed by atoms with Gasteiger partial charge in [-0.05, 0) is 18.2 Å². The van der Waals surface area contributed by atoms with Gasteiger partial charge in [-0.1, -0.05) is 53.0 Å². The van der Waals surface area contributed by atoms with E-state index in [1.54, 1.807) is 30.3 Å². The molecular formula is C13H10Cl3NO. The summed E-state index contributed by atoms with van der Waals surface area (Å²) in [6.45, 7) is 0.409. The molecule has 0 aliphatic heterocycles. The lowest BCUT2D eigenvalue weighted by Crippen LogP contribution is -2.00. The van der Waals surface area contributed by atoms with Gasteiger partial charge in [0.25, 0.3) is 0 Å². The molecule has 2 aromatic rings. The fraction of sp³-hybridized carbons (Fsp3) is 0.0769. The van der Waals surface area contributed by atoms with Crippen LogP contribution < -0.4 is 5.32 Å². The van der Waals surface area contributed by atoms with E-state index in [-0.39, 0.29) is 5.75 Å². The van der Waals surface area contributed by atoms with Crippen LogP contribution in [0.4, 0.5) is 5.69 Å². The van der Waals surface area contributed by atoms with Crippen LogP contribution in [0.5, 0.6) is 5.75 Å². The maximum absolute atomic E-state index is 9.77. The number of hydrogen-bond acceptors (Lipinski definition) is 2. The SMILES string of the molecule is Oc1c(Cl)cccc1CNc1cccc(Cl)c1Cl. The molecule has 0 amide bonds. The molecule has 2 rings (SSSR count). The topological polar surface area (TPSA) is 32.3 Å². The lowest BCUT2D eigenvalue weighted by Gasteiger charge is -2.11. The second-order valence-corrected chi connectivity index (χ2v) is 4.89. The summed E-state index contributed by atoms with van der Waals surface area (Å²) in [5.41, 5.74) is 1.40. The van der Waals surface area contributed by atoms with Gasteiger partial charge in [-0.2, -0.15) is 0 Å². The predicted molar refractivity (Wildman–Crippen MR) is 76.9 cm³/mol. The fourth-order valence-corrected chi connectivity index (χ4v) is 2.09. The van der Waals surface area contributed by atoms with Crippen molar-refractivity contribution in [2.45, 2.75) is 6.54 Å². The zero-order valence-corrected chi connectivity index (χ0v) is 11.5. The van der Waals surface area contributed by atoms with Crippen LogP contribution in [0.25, 0.3) is 0 Å². The molecule has 0 radical (unpaired) electrons. The molecule has 0 aromatic heterocycles. The van der Waals surface area contributed by atoms with Gasteiger partial charge in [0.15, 0.2) is 0 Å². The number of hydrogen-bond donors (Lipinski definition) is 2. The molecule has 0 aliphatic carbocycles. The molecule has 0 unspecified atom stereocenters. The summed E-state index contributed by atoms with van der Waals surface area (Å²) >= 11 is 17.8. The van der Waals surface area contributed by atoms with Gasteiger partial charge >= 0.3 is 0 Å². The predicted octanol–water partition coefficient (Wildman–Crippen LogP) is 4.96. The van der Waals surface area contributed by atoms with E-state index in [4.69, 9.17) is 34.8 Å². The number of benzene rings is 2. The van der Waals surface area contributed by atoms with Crippen LogP contribution in [-0.2, 0) is 6.54 Å². The Kier molecular flexibility index (Phi) is 4.23. The number of rotatable bonds is 3. The summed E-state index contributed by atoms with van der Waals surface area (Å²) in [6, 6.07) is 10.5. The van der Waals surface area contributed by atoms with Gasteiger partial charge in [0.05, 0.1) is 20.8 Å². The zero-order chi connectivity index (χ0) is 13.1. The molecular weight excluding hydrogens is 293 g/mol. The highest BCUT2D eigenvalue weighted by atomic mass is 35.5. The van der Waals surface area contributed by atoms with E-state index < -0.39 is 0 Å². The van der Waals surface area contributed by atoms with Crippen molar-refractivity contribution in [3.63, 3.8) is 0 Å². The third kappa shape index (κ3) is 2.83. The van der Waals surface area contributed by atoms with E-state index in [1.165, 1.54) is 0 Å². The molecule has 2 nitrogen and oxygen atoms in total. The summed E-state index contributed by atoms with van der Waals surface area (Å²) in [5, 5.41) is 14.1. The largest absolute Gasteiger partial charge is 0.506 e. The first-order valence-electron chi connectivity index (χ1n) is 5.24. The number of phenolic OH excluding ortho intramolecular Hbond substituents is 1. The van der Waals surface area contributed by atoms with Gasteiger partial charge in [0.2, 0.25) is 0 Å². The summed E-state index contributed by atoms with van der Waals surface area (Å²) in [5.74, 6) is 0.0739. The highest BCUT2D eigenvalue weighted by molar-refractivity contribution is 6.43. The maximum atomic E-state index is 9.77. The normalized spacial score (nSPS) is 10.4. The van der Waals surface area contributed by atoms with Gasteiger partial charge in [0.1, 0.15) is 5.75 Å². The third-order valence-corrected chi connectivity index (χ3v) is 3.62. The molecule has 0 bridgehead atoms. The minimum atomic E-state index is 0.0739. The van der Waals surface area contributed by atoms with Crippen LogP contribution in [0.2, 0.25) is 15.1 Å². The van der Waals surface area contributed by atoms with Crippen LogP contribution in [0, 0.1) is 0 Å². The second kappa shape index (κ2) is 5.70. The van der Waals surface area contributed by atoms with E-state index >= 15 is 0 Å². The quantitative estimate of drug-likeness (QED) is 0.839. The standard InChI is InChI=1S/C13H10Cl3NO/c14-9-4-2-6-11(12(9)16)17-7-8-3-1-5-10(15)13(8)18/h1-6,17-18H,7H2. The van der Waals surface area contributed by atoms with Crippen molar-refractivity contribution in [2.75, 3.05) is 5.32 Å². The summed E-state index contributed by atoms with van der Waals surface area (Å²) < 4.78 is 0. The van der Waals surface area contributed by atoms with Gasteiger partial charge in [-0.15, -0.1) is 0 Å². The molecule has 2 N–H and O–H groups in total. The molecule has 0 atom stereocenters. The lowest BCUT2D eigenvalue weighted by atomic mass is 10.2. The Morgan fingerprint density at radius 2 is 1.61 bits per heavy atom. The van der Waals surface area contributed by atoms with E-state index in [0.717, 1.165) is 0 Å². The second-order valence-electron chi connectivity index (χ2n) is 3.70. The van der Waals surface area contributed by atoms with Crippen molar-refractivity contribution >= 4 is 40.5 Å². The molecule has 0 saturated heterocycles. The smallest absolute Gasteiger partial charge is 0.139 e. The Morgan fingerprint density at radius 3 is 2.39 bits per heavy atom. The molecule has 0 heterocycles. The van der Waals surface area contributed by atoms with Gasteiger partial charge in [0, 0.05) is 12.1 Å². The van der Waals surface area contributed by atoms with E-state index in [9.17, 15) is 5.11 Å². The molecule has 2 aromatic carbocycles. The number of aromatic hydroxyl groups is 1. The summed E-state index contributed by atoms with van der Waals surface area (Å²) in [7, 11) is 0. The van der Waals surface area contributed by atoms with Crippen molar-refractivity contribution in [1.29, 1.82) is 0 Å². The highest BCUT2D eigenvalue weighted by Crippen LogP contribution is 2.31. The number of nitrogens with one attached hydrogen (secondary N) is 1. The lowest BCUT2D eigenvalue weighted by molar-refractivity contribution is 0.469. The molecule has 94 valence electrons. The number of phenols is 1. The van der Waals surface area contributed by atoms with E-state index in [1.807, 2.05) is 6.07 Å². The van der Waals surface area contributed by atoms with Crippen molar-refractivity contribution in [2.24, 2.45) is 0 Å². The Labute approximate surface area is 120 Å². The number of anilines is 1. The Hall–Kier alpha value is -1.09. The van der Waals surface area contributed by atoms with Crippen molar-refractivity contribution in [3.8, 4) is 5.75 Å². The van der Waals surface area contributed by atoms with Crippen LogP contribution >= 0.6 is 34.8 Å². The zero-order valence-electron chi connectivity index (χ0n) is 9.25. The molecule has 0 aliphatic rings. The fourth-order valence-electron chi connectivity index (χ4n) is 1.53. The van der Waals surface area contributed by atoms with Crippen molar-refractivity contribution in [1.82, 2.24) is 0 Å². The Bertz CT molecular complexity index is 521. The maximum Gasteiger partial charge on any atom is 0.139 e. The van der Waals surface area contributed by atoms with Crippen molar-refractivity contribution in [3.05, 3.63) is 57.0 Å². The van der Waals surface area contributed by atoms with Crippen LogP contribution in [0.15, 0.2) is 36.4 Å². The number of halogens is 3. The molecule has 5 heteroatoms. The van der Waals surface area contributed by atoms with E-state index in [0.29, 0.717) is 32.9 Å². The van der Waals surface area contributed by atoms with Gasteiger partial charge < -0.3 is 10.4 Å². The molecule has 0 fully saturated rings. The highest BCUT2D eigenvalue weighted by Gasteiger charge is 2.07. The van der Waals surface area contributed by atoms with Gasteiger partial charge in [-0.25, -0.2) is 0 Å².